The summed E-state index contributed by atoms with van der Waals surface area (Å²) >= 11 is 3.39. The number of alkyl halides is 1. The van der Waals surface area contributed by atoms with Gasteiger partial charge in [0.15, 0.2) is 0 Å². The van der Waals surface area contributed by atoms with Crippen molar-refractivity contribution in [3.63, 3.8) is 0 Å². The number of amides is 2. The van der Waals surface area contributed by atoms with Crippen molar-refractivity contribution in [1.29, 1.82) is 0 Å². The number of halogens is 3. The van der Waals surface area contributed by atoms with Crippen LogP contribution in [0.1, 0.15) is 30.7 Å². The van der Waals surface area contributed by atoms with Crippen LogP contribution in [-0.2, 0) is 9.59 Å². The number of methoxy groups -OCH3 is 1. The van der Waals surface area contributed by atoms with Gasteiger partial charge in [-0.15, -0.1) is 0 Å². The van der Waals surface area contributed by atoms with Gasteiger partial charge in [-0.1, -0.05) is 28.1 Å². The average Bonchev–Trinajstić information content (AvgIpc) is 2.76. The van der Waals surface area contributed by atoms with Gasteiger partial charge in [0.25, 0.3) is 0 Å². The number of hydrogen-bond donors (Lipinski definition) is 2. The van der Waals surface area contributed by atoms with Crippen LogP contribution in [0.2, 0.25) is 0 Å². The molecule has 2 aliphatic heterocycles. The van der Waals surface area contributed by atoms with Gasteiger partial charge >= 0.3 is 0 Å². The van der Waals surface area contributed by atoms with E-state index in [-0.39, 0.29) is 30.5 Å². The van der Waals surface area contributed by atoms with Crippen LogP contribution in [0.5, 0.6) is 5.75 Å². The lowest BCUT2D eigenvalue weighted by Gasteiger charge is -2.37. The molecule has 3 atom stereocenters. The molecule has 0 saturated carbocycles. The third kappa shape index (κ3) is 4.72. The first-order chi connectivity index (χ1) is 15.4. The van der Waals surface area contributed by atoms with Crippen LogP contribution in [0.4, 0.5) is 20.2 Å². The largest absolute Gasteiger partial charge is 0.495 e. The fraction of sp³-hybridized carbons (Fsp3) is 0.391. The average molecular weight is 508 g/mol. The van der Waals surface area contributed by atoms with Crippen LogP contribution in [0.25, 0.3) is 0 Å². The van der Waals surface area contributed by atoms with Crippen molar-refractivity contribution in [3.8, 4) is 5.75 Å². The summed E-state index contributed by atoms with van der Waals surface area (Å²) in [5, 5.41) is 5.22. The predicted octanol–water partition coefficient (Wildman–Crippen LogP) is 4.15. The number of carbonyl (C=O) groups excluding carboxylic acids is 2. The molecule has 0 aliphatic carbocycles. The van der Waals surface area contributed by atoms with E-state index >= 15 is 8.78 Å². The van der Waals surface area contributed by atoms with E-state index in [1.165, 1.54) is 19.2 Å². The molecule has 0 radical (unpaired) electrons. The van der Waals surface area contributed by atoms with Crippen LogP contribution in [0, 0.1) is 5.82 Å². The van der Waals surface area contributed by atoms with Crippen LogP contribution in [0.3, 0.4) is 0 Å². The fourth-order valence-electron chi connectivity index (χ4n) is 4.29. The summed E-state index contributed by atoms with van der Waals surface area (Å²) in [7, 11) is 1.45. The number of ether oxygens (including phenoxy) is 1. The molecule has 1 unspecified atom stereocenters. The van der Waals surface area contributed by atoms with Gasteiger partial charge in [0.05, 0.1) is 18.5 Å². The monoisotopic (exact) mass is 507 g/mol. The third-order valence-electron chi connectivity index (χ3n) is 6.02. The molecule has 2 aromatic rings. The second-order valence-corrected chi connectivity index (χ2v) is 8.98. The Morgan fingerprint density at radius 1 is 1.19 bits per heavy atom. The summed E-state index contributed by atoms with van der Waals surface area (Å²) in [6.45, 7) is 0.571. The van der Waals surface area contributed by atoms with Gasteiger partial charge in [-0.2, -0.15) is 0 Å². The molecule has 170 valence electrons. The van der Waals surface area contributed by atoms with E-state index in [4.69, 9.17) is 4.74 Å². The quantitative estimate of drug-likeness (QED) is 0.595. The Bertz CT molecular complexity index is 1020. The highest BCUT2D eigenvalue weighted by Gasteiger charge is 2.32. The Kier molecular flexibility index (Phi) is 6.64. The lowest BCUT2D eigenvalue weighted by atomic mass is 9.88. The predicted molar refractivity (Wildman–Crippen MR) is 121 cm³/mol. The Balaban J connectivity index is 1.50. The number of carbonyl (C=O) groups is 2. The Morgan fingerprint density at radius 2 is 1.94 bits per heavy atom. The van der Waals surface area contributed by atoms with E-state index in [0.29, 0.717) is 30.8 Å². The highest BCUT2D eigenvalue weighted by molar-refractivity contribution is 9.10. The molecule has 6 nitrogen and oxygen atoms in total. The molecule has 2 aromatic carbocycles. The number of nitrogens with zero attached hydrogens (tertiary/aromatic N) is 1. The van der Waals surface area contributed by atoms with E-state index in [0.717, 1.165) is 10.0 Å². The number of rotatable bonds is 5. The third-order valence-corrected chi connectivity index (χ3v) is 6.55. The van der Waals surface area contributed by atoms with E-state index < -0.39 is 23.9 Å². The lowest BCUT2D eigenvalue weighted by molar-refractivity contribution is -0.133. The molecule has 2 heterocycles. The minimum atomic E-state index is -1.14. The van der Waals surface area contributed by atoms with Gasteiger partial charge in [-0.3, -0.25) is 14.9 Å². The van der Waals surface area contributed by atoms with Gasteiger partial charge in [0.2, 0.25) is 11.8 Å². The zero-order valence-corrected chi connectivity index (χ0v) is 19.1. The molecule has 9 heteroatoms. The lowest BCUT2D eigenvalue weighted by Crippen LogP contribution is -2.47. The van der Waals surface area contributed by atoms with Crippen molar-refractivity contribution in [2.45, 2.75) is 37.4 Å². The van der Waals surface area contributed by atoms with Crippen LogP contribution in [0.15, 0.2) is 40.9 Å². The second kappa shape index (κ2) is 9.44. The summed E-state index contributed by atoms with van der Waals surface area (Å²) in [6, 6.07) is 9.73. The van der Waals surface area contributed by atoms with Gasteiger partial charge in [0.1, 0.15) is 23.8 Å². The zero-order valence-electron chi connectivity index (χ0n) is 17.5. The Morgan fingerprint density at radius 3 is 2.59 bits per heavy atom. The minimum absolute atomic E-state index is 0.0702. The molecule has 32 heavy (non-hydrogen) atoms. The zero-order chi connectivity index (χ0) is 22.8. The highest BCUT2D eigenvalue weighted by Crippen LogP contribution is 2.38. The Labute approximate surface area is 193 Å². The Hall–Kier alpha value is -2.68. The number of piperidine rings is 2. The summed E-state index contributed by atoms with van der Waals surface area (Å²) in [5.41, 5.74) is 1.50. The van der Waals surface area contributed by atoms with E-state index in [1.807, 2.05) is 24.3 Å². The van der Waals surface area contributed by atoms with Crippen LogP contribution < -0.4 is 20.3 Å². The number of anilines is 2. The standard InChI is InChI=1S/C23H24BrF2N3O3/c1-32-21-11-20(16(25)10-19(21)27-18-6-7-22(30)28-23(18)31)29-9-8-15(17(26)12-29)13-2-4-14(24)5-3-13/h2-5,10-11,15,17-18,27H,6-9,12H2,1H3,(H,28,30,31)/t15-,17-,18?/m1/s1. The molecule has 2 fully saturated rings. The number of hydrogen-bond acceptors (Lipinski definition) is 5. The topological polar surface area (TPSA) is 70.7 Å². The molecule has 0 spiro atoms. The molecular weight excluding hydrogens is 484 g/mol. The van der Waals surface area contributed by atoms with Crippen molar-refractivity contribution in [1.82, 2.24) is 5.32 Å². The van der Waals surface area contributed by atoms with Crippen molar-refractivity contribution in [2.24, 2.45) is 0 Å². The first-order valence-electron chi connectivity index (χ1n) is 10.5. The maximum atomic E-state index is 15.1. The van der Waals surface area contributed by atoms with Gasteiger partial charge in [-0.25, -0.2) is 8.78 Å². The number of benzene rings is 2. The molecule has 2 amide bonds. The van der Waals surface area contributed by atoms with E-state index in [1.54, 1.807) is 4.90 Å². The number of nitrogens with one attached hydrogen (secondary N) is 2. The second-order valence-electron chi connectivity index (χ2n) is 8.06. The van der Waals surface area contributed by atoms with Crippen LogP contribution >= 0.6 is 15.9 Å². The summed E-state index contributed by atoms with van der Waals surface area (Å²) in [6.07, 6.45) is -0.0700. The van der Waals surface area contributed by atoms with Gasteiger partial charge < -0.3 is 15.0 Å². The van der Waals surface area contributed by atoms with Gasteiger partial charge in [0, 0.05) is 42.0 Å². The van der Waals surface area contributed by atoms with Crippen molar-refractivity contribution >= 4 is 39.1 Å². The fourth-order valence-corrected chi connectivity index (χ4v) is 4.56. The van der Waals surface area contributed by atoms with Crippen LogP contribution in [-0.4, -0.2) is 44.2 Å². The van der Waals surface area contributed by atoms with E-state index in [9.17, 15) is 9.59 Å². The highest BCUT2D eigenvalue weighted by atomic mass is 79.9. The summed E-state index contributed by atoms with van der Waals surface area (Å²) in [5.74, 6) is -1.21. The maximum Gasteiger partial charge on any atom is 0.249 e. The molecule has 2 aliphatic rings. The van der Waals surface area contributed by atoms with E-state index in [2.05, 4.69) is 26.6 Å². The van der Waals surface area contributed by atoms with Crippen molar-refractivity contribution < 1.29 is 23.1 Å². The number of imide groups is 1. The van der Waals surface area contributed by atoms with Gasteiger partial charge in [-0.05, 0) is 30.5 Å². The summed E-state index contributed by atoms with van der Waals surface area (Å²) < 4.78 is 36.4. The first-order valence-corrected chi connectivity index (χ1v) is 11.3. The molecule has 0 bridgehead atoms. The first kappa shape index (κ1) is 22.5. The molecule has 2 N–H and O–H groups in total. The maximum absolute atomic E-state index is 15.1. The minimum Gasteiger partial charge on any atom is -0.495 e. The summed E-state index contributed by atoms with van der Waals surface area (Å²) in [4.78, 5) is 25.1. The molecule has 4 rings (SSSR count). The SMILES string of the molecule is COc1cc(N2CC[C@H](c3ccc(Br)cc3)[C@H](F)C2)c(F)cc1NC1CCC(=O)NC1=O. The molecular formula is C23H24BrF2N3O3. The smallest absolute Gasteiger partial charge is 0.249 e. The van der Waals surface area contributed by atoms with Crippen molar-refractivity contribution in [2.75, 3.05) is 30.4 Å². The van der Waals surface area contributed by atoms with Crippen molar-refractivity contribution in [3.05, 3.63) is 52.3 Å². The molecule has 0 aromatic heterocycles. The molecule has 2 saturated heterocycles. The normalized spacial score (nSPS) is 23.6.